The molecule has 5 nitrogen and oxygen atoms in total. The maximum Gasteiger partial charge on any atom is 0.253 e. The van der Waals surface area contributed by atoms with E-state index in [1.807, 2.05) is 27.8 Å². The Morgan fingerprint density at radius 1 is 1.16 bits per heavy atom. The Kier molecular flexibility index (Phi) is 4.58. The lowest BCUT2D eigenvalue weighted by Gasteiger charge is -2.45. The summed E-state index contributed by atoms with van der Waals surface area (Å²) in [5.41, 5.74) is 4.49. The second-order valence-corrected chi connectivity index (χ2v) is 10.3. The van der Waals surface area contributed by atoms with Gasteiger partial charge in [0.2, 0.25) is 0 Å². The first-order valence-corrected chi connectivity index (χ1v) is 11.9. The highest BCUT2D eigenvalue weighted by Gasteiger charge is 2.57. The molecule has 1 saturated heterocycles. The van der Waals surface area contributed by atoms with Gasteiger partial charge in [-0.05, 0) is 54.8 Å². The van der Waals surface area contributed by atoms with E-state index in [0.29, 0.717) is 18.5 Å². The first kappa shape index (κ1) is 20.1. The first-order chi connectivity index (χ1) is 15.4. The van der Waals surface area contributed by atoms with Crippen LogP contribution in [-0.4, -0.2) is 44.2 Å². The molecule has 0 N–H and O–H groups in total. The summed E-state index contributed by atoms with van der Waals surface area (Å²) in [6.07, 6.45) is 4.68. The number of alkyl halides is 2. The second-order valence-electron chi connectivity index (χ2n) is 9.16. The number of hydrogen-bond donors (Lipinski definition) is 0. The highest BCUT2D eigenvalue weighted by atomic mass is 32.2. The van der Waals surface area contributed by atoms with Gasteiger partial charge in [-0.2, -0.15) is 0 Å². The van der Waals surface area contributed by atoms with Crippen LogP contribution in [0.4, 0.5) is 26.0 Å². The van der Waals surface area contributed by atoms with Crippen LogP contribution in [0.25, 0.3) is 5.57 Å². The summed E-state index contributed by atoms with van der Waals surface area (Å²) in [7, 11) is 3.64. The predicted octanol–water partition coefficient (Wildman–Crippen LogP) is 5.25. The SMILES string of the molecule is COc1ccc(N2CC3CCC2C=C3c2ccc3c(n2)N(C)SN3CC2CC2(F)F)cc1. The van der Waals surface area contributed by atoms with Crippen LogP contribution in [0.2, 0.25) is 0 Å². The van der Waals surface area contributed by atoms with Gasteiger partial charge in [-0.1, -0.05) is 6.08 Å². The average Bonchev–Trinajstić information content (AvgIpc) is 3.30. The Balaban J connectivity index is 1.24. The standard InChI is InChI=1S/C24H26F2N4OS/c1-28-23-22(30(32-28)14-16-12-24(16,25)26)10-9-21(27-23)20-11-18-4-3-15(20)13-29(18)17-5-7-19(31-2)8-6-17/h5-11,15-16,18H,3-4,12-14H2,1-2H3. The smallest absolute Gasteiger partial charge is 0.253 e. The Morgan fingerprint density at radius 3 is 2.59 bits per heavy atom. The molecule has 2 aliphatic carbocycles. The van der Waals surface area contributed by atoms with E-state index in [1.54, 1.807) is 7.11 Å². The van der Waals surface area contributed by atoms with Crippen LogP contribution in [0.1, 0.15) is 25.0 Å². The van der Waals surface area contributed by atoms with Gasteiger partial charge in [-0.15, -0.1) is 0 Å². The molecular formula is C24H26F2N4OS. The molecule has 0 radical (unpaired) electrons. The van der Waals surface area contributed by atoms with Crippen LogP contribution >= 0.6 is 12.1 Å². The maximum atomic E-state index is 13.4. The van der Waals surface area contributed by atoms with E-state index in [-0.39, 0.29) is 6.42 Å². The summed E-state index contributed by atoms with van der Waals surface area (Å²) in [4.78, 5) is 7.46. The fourth-order valence-corrected chi connectivity index (χ4v) is 6.17. The summed E-state index contributed by atoms with van der Waals surface area (Å²) in [6.45, 7) is 1.34. The van der Waals surface area contributed by atoms with Crippen molar-refractivity contribution in [2.45, 2.75) is 31.2 Å². The molecule has 3 atom stereocenters. The zero-order valence-corrected chi connectivity index (χ0v) is 19.0. The van der Waals surface area contributed by atoms with Gasteiger partial charge in [-0.25, -0.2) is 13.8 Å². The van der Waals surface area contributed by atoms with Crippen molar-refractivity contribution in [3.8, 4) is 5.75 Å². The van der Waals surface area contributed by atoms with Crippen molar-refractivity contribution in [2.24, 2.45) is 11.8 Å². The van der Waals surface area contributed by atoms with E-state index in [9.17, 15) is 8.78 Å². The normalized spacial score (nSPS) is 27.4. The monoisotopic (exact) mass is 456 g/mol. The fourth-order valence-electron chi connectivity index (χ4n) is 5.19. The van der Waals surface area contributed by atoms with E-state index in [4.69, 9.17) is 9.72 Å². The number of ether oxygens (including phenoxy) is 1. The minimum Gasteiger partial charge on any atom is -0.497 e. The van der Waals surface area contributed by atoms with Crippen LogP contribution in [-0.2, 0) is 0 Å². The number of methoxy groups -OCH3 is 1. The van der Waals surface area contributed by atoms with Gasteiger partial charge in [0.05, 0.1) is 30.6 Å². The fraction of sp³-hybridized carbons (Fsp3) is 0.458. The van der Waals surface area contributed by atoms with Gasteiger partial charge in [0.1, 0.15) is 5.75 Å². The number of pyridine rings is 1. The van der Waals surface area contributed by atoms with Crippen LogP contribution in [0, 0.1) is 11.8 Å². The maximum absolute atomic E-state index is 13.4. The Labute approximate surface area is 191 Å². The quantitative estimate of drug-likeness (QED) is 0.572. The van der Waals surface area contributed by atoms with Crippen molar-refractivity contribution in [3.05, 3.63) is 48.2 Å². The van der Waals surface area contributed by atoms with Crippen molar-refractivity contribution in [2.75, 3.05) is 40.8 Å². The van der Waals surface area contributed by atoms with E-state index in [0.717, 1.165) is 42.3 Å². The highest BCUT2D eigenvalue weighted by molar-refractivity contribution is 8.02. The Morgan fingerprint density at radius 2 is 1.94 bits per heavy atom. The molecule has 0 spiro atoms. The zero-order chi connectivity index (χ0) is 22.0. The summed E-state index contributed by atoms with van der Waals surface area (Å²) >= 11 is 1.47. The molecule has 3 unspecified atom stereocenters. The Hall–Kier alpha value is -2.48. The third-order valence-corrected chi connectivity index (χ3v) is 8.09. The molecule has 1 aromatic carbocycles. The van der Waals surface area contributed by atoms with Crippen molar-refractivity contribution in [1.82, 2.24) is 4.98 Å². The van der Waals surface area contributed by atoms with E-state index in [1.165, 1.54) is 23.4 Å². The number of benzene rings is 1. The molecule has 0 amide bonds. The number of hydrogen-bond acceptors (Lipinski definition) is 6. The summed E-state index contributed by atoms with van der Waals surface area (Å²) in [6, 6.07) is 12.8. The molecule has 4 heterocycles. The highest BCUT2D eigenvalue weighted by Crippen LogP contribution is 2.52. The summed E-state index contributed by atoms with van der Waals surface area (Å²) in [5.74, 6) is -0.873. The largest absolute Gasteiger partial charge is 0.497 e. The molecule has 1 saturated carbocycles. The number of aromatic nitrogens is 1. The number of rotatable bonds is 5. The van der Waals surface area contributed by atoms with Gasteiger partial charge in [0.15, 0.2) is 5.82 Å². The topological polar surface area (TPSA) is 31.8 Å². The minimum atomic E-state index is -2.50. The molecule has 2 bridgehead atoms. The Bertz CT molecular complexity index is 1080. The molecule has 7 rings (SSSR count). The van der Waals surface area contributed by atoms with E-state index in [2.05, 4.69) is 35.2 Å². The second kappa shape index (κ2) is 7.27. The first-order valence-electron chi connectivity index (χ1n) is 11.1. The molecule has 5 aliphatic rings. The number of fused-ring (bicyclic) bond motifs is 3. The third kappa shape index (κ3) is 3.31. The molecule has 1 aromatic heterocycles. The summed E-state index contributed by atoms with van der Waals surface area (Å²) < 4.78 is 36.1. The van der Waals surface area contributed by atoms with Crippen molar-refractivity contribution in [3.63, 3.8) is 0 Å². The van der Waals surface area contributed by atoms with E-state index < -0.39 is 11.8 Å². The molecule has 3 aliphatic heterocycles. The number of piperidine rings is 1. The lowest BCUT2D eigenvalue weighted by atomic mass is 9.78. The van der Waals surface area contributed by atoms with Crippen molar-refractivity contribution >= 4 is 34.9 Å². The van der Waals surface area contributed by atoms with Gasteiger partial charge in [-0.3, -0.25) is 8.61 Å². The van der Waals surface area contributed by atoms with Gasteiger partial charge < -0.3 is 9.64 Å². The third-order valence-electron chi connectivity index (χ3n) is 7.12. The van der Waals surface area contributed by atoms with Crippen LogP contribution in [0.5, 0.6) is 5.75 Å². The lowest BCUT2D eigenvalue weighted by Crippen LogP contribution is -2.46. The number of nitrogens with zero attached hydrogens (tertiary/aromatic N) is 4. The van der Waals surface area contributed by atoms with Crippen molar-refractivity contribution < 1.29 is 13.5 Å². The molecule has 2 aromatic rings. The summed E-state index contributed by atoms with van der Waals surface area (Å²) in [5, 5.41) is 0. The van der Waals surface area contributed by atoms with Gasteiger partial charge >= 0.3 is 0 Å². The number of halogens is 2. The lowest BCUT2D eigenvalue weighted by molar-refractivity contribution is 0.101. The number of anilines is 3. The van der Waals surface area contributed by atoms with E-state index >= 15 is 0 Å². The minimum absolute atomic E-state index is 0.00469. The molecule has 168 valence electrons. The van der Waals surface area contributed by atoms with Crippen LogP contribution < -0.4 is 18.2 Å². The zero-order valence-electron chi connectivity index (χ0n) is 18.2. The van der Waals surface area contributed by atoms with Crippen molar-refractivity contribution in [1.29, 1.82) is 0 Å². The van der Waals surface area contributed by atoms with Crippen LogP contribution in [0.3, 0.4) is 0 Å². The average molecular weight is 457 g/mol. The van der Waals surface area contributed by atoms with Gasteiger partial charge in [0, 0.05) is 50.1 Å². The molecular weight excluding hydrogens is 430 g/mol. The van der Waals surface area contributed by atoms with Gasteiger partial charge in [0.25, 0.3) is 5.92 Å². The van der Waals surface area contributed by atoms with Crippen LogP contribution in [0.15, 0.2) is 42.5 Å². The molecule has 2 fully saturated rings. The predicted molar refractivity (Wildman–Crippen MR) is 125 cm³/mol. The molecule has 8 heteroatoms. The molecule has 32 heavy (non-hydrogen) atoms.